The van der Waals surface area contributed by atoms with Crippen molar-refractivity contribution < 1.29 is 4.39 Å². The maximum absolute atomic E-state index is 13.8. The number of anilines is 3. The highest BCUT2D eigenvalue weighted by Crippen LogP contribution is 2.29. The summed E-state index contributed by atoms with van der Waals surface area (Å²) >= 11 is 6.35. The number of aromatic nitrogens is 3. The maximum atomic E-state index is 13.8. The van der Waals surface area contributed by atoms with E-state index in [9.17, 15) is 4.39 Å². The summed E-state index contributed by atoms with van der Waals surface area (Å²) in [6, 6.07) is 10.9. The van der Waals surface area contributed by atoms with Gasteiger partial charge in [0, 0.05) is 57.1 Å². The minimum absolute atomic E-state index is 0.202. The number of aryl methyl sites for hydroxylation is 1. The molecule has 1 aromatic carbocycles. The maximum Gasteiger partial charge on any atom is 0.227 e. The van der Waals surface area contributed by atoms with Crippen LogP contribution in [0.15, 0.2) is 42.6 Å². The summed E-state index contributed by atoms with van der Waals surface area (Å²) in [5.41, 5.74) is 2.35. The number of pyridine rings is 1. The minimum Gasteiger partial charge on any atom is -0.353 e. The van der Waals surface area contributed by atoms with Crippen molar-refractivity contribution in [2.24, 2.45) is 0 Å². The van der Waals surface area contributed by atoms with Crippen molar-refractivity contribution in [2.75, 3.05) is 54.0 Å². The molecule has 2 fully saturated rings. The fourth-order valence-electron chi connectivity index (χ4n) is 4.35. The molecule has 2 aromatic heterocycles. The highest BCUT2D eigenvalue weighted by molar-refractivity contribution is 6.32. The third kappa shape index (κ3) is 4.21. The Morgan fingerprint density at radius 3 is 2.34 bits per heavy atom. The van der Waals surface area contributed by atoms with Gasteiger partial charge in [0.15, 0.2) is 0 Å². The first-order chi connectivity index (χ1) is 15.6. The van der Waals surface area contributed by atoms with Gasteiger partial charge in [0.2, 0.25) is 5.95 Å². The lowest BCUT2D eigenvalue weighted by Gasteiger charge is -2.36. The van der Waals surface area contributed by atoms with Gasteiger partial charge < -0.3 is 14.7 Å². The van der Waals surface area contributed by atoms with Gasteiger partial charge in [-0.3, -0.25) is 0 Å². The van der Waals surface area contributed by atoms with Crippen LogP contribution in [0, 0.1) is 12.7 Å². The van der Waals surface area contributed by atoms with E-state index in [1.54, 1.807) is 19.2 Å². The Hall–Kier alpha value is -2.93. The molecule has 5 rings (SSSR count). The Labute approximate surface area is 192 Å². The van der Waals surface area contributed by atoms with Gasteiger partial charge in [-0.2, -0.15) is 4.98 Å². The molecule has 4 heterocycles. The summed E-state index contributed by atoms with van der Waals surface area (Å²) in [4.78, 5) is 21.0. The van der Waals surface area contributed by atoms with E-state index in [1.165, 1.54) is 6.07 Å². The SMILES string of the molecule is Cc1cc(-c2cc(N3CCN(c4ncccc4Cl)CC3)nc(N3CCCC3)n2)ccc1F. The Morgan fingerprint density at radius 2 is 1.62 bits per heavy atom. The zero-order valence-electron chi connectivity index (χ0n) is 18.1. The zero-order valence-corrected chi connectivity index (χ0v) is 18.9. The summed E-state index contributed by atoms with van der Waals surface area (Å²) in [7, 11) is 0. The fourth-order valence-corrected chi connectivity index (χ4v) is 4.59. The van der Waals surface area contributed by atoms with Crippen molar-refractivity contribution >= 4 is 29.2 Å². The Bertz CT molecular complexity index is 1110. The predicted octanol–water partition coefficient (Wildman–Crippen LogP) is 4.57. The summed E-state index contributed by atoms with van der Waals surface area (Å²) < 4.78 is 13.8. The molecule has 0 spiro atoms. The van der Waals surface area contributed by atoms with Crippen LogP contribution in [0.5, 0.6) is 0 Å². The molecule has 6 nitrogen and oxygen atoms in total. The van der Waals surface area contributed by atoms with Crippen LogP contribution >= 0.6 is 11.6 Å². The summed E-state index contributed by atoms with van der Waals surface area (Å²) in [6.45, 7) is 6.96. The molecule has 3 aromatic rings. The lowest BCUT2D eigenvalue weighted by molar-refractivity contribution is 0.618. The standard InChI is InChI=1S/C24H26ClFN6/c1-17-15-18(6-7-20(17)26)21-16-22(29-24(28-21)32-9-2-3-10-32)30-11-13-31(14-12-30)23-19(25)5-4-8-27-23/h4-8,15-16H,2-3,9-14H2,1H3. The summed E-state index contributed by atoms with van der Waals surface area (Å²) in [6.07, 6.45) is 4.08. The molecule has 0 unspecified atom stereocenters. The van der Waals surface area contributed by atoms with E-state index in [4.69, 9.17) is 21.6 Å². The molecule has 166 valence electrons. The molecular weight excluding hydrogens is 427 g/mol. The average molecular weight is 453 g/mol. The predicted molar refractivity (Wildman–Crippen MR) is 127 cm³/mol. The second-order valence-electron chi connectivity index (χ2n) is 8.35. The van der Waals surface area contributed by atoms with Gasteiger partial charge in [0.1, 0.15) is 17.5 Å². The largest absolute Gasteiger partial charge is 0.353 e. The molecule has 0 amide bonds. The van der Waals surface area contributed by atoms with Crippen molar-refractivity contribution in [3.63, 3.8) is 0 Å². The van der Waals surface area contributed by atoms with Crippen LogP contribution in [-0.4, -0.2) is 54.2 Å². The summed E-state index contributed by atoms with van der Waals surface area (Å²) in [5, 5.41) is 0.674. The van der Waals surface area contributed by atoms with Gasteiger partial charge in [0.05, 0.1) is 10.7 Å². The van der Waals surface area contributed by atoms with E-state index in [0.29, 0.717) is 10.6 Å². The first-order valence-electron chi connectivity index (χ1n) is 11.1. The van der Waals surface area contributed by atoms with Crippen LogP contribution in [0.1, 0.15) is 18.4 Å². The molecule has 8 heteroatoms. The number of benzene rings is 1. The van der Waals surface area contributed by atoms with Crippen LogP contribution in [-0.2, 0) is 0 Å². The molecule has 0 atom stereocenters. The molecule has 2 aliphatic rings. The van der Waals surface area contributed by atoms with Crippen molar-refractivity contribution in [3.8, 4) is 11.3 Å². The van der Waals surface area contributed by atoms with Gasteiger partial charge in [0.25, 0.3) is 0 Å². The first-order valence-corrected chi connectivity index (χ1v) is 11.5. The normalized spacial score (nSPS) is 16.7. The van der Waals surface area contributed by atoms with Gasteiger partial charge in [-0.15, -0.1) is 0 Å². The molecular formula is C24H26ClFN6. The van der Waals surface area contributed by atoms with Crippen LogP contribution < -0.4 is 14.7 Å². The molecule has 0 saturated carbocycles. The molecule has 0 aliphatic carbocycles. The number of rotatable bonds is 4. The van der Waals surface area contributed by atoms with Crippen molar-refractivity contribution in [2.45, 2.75) is 19.8 Å². The molecule has 0 N–H and O–H groups in total. The number of halogens is 2. The van der Waals surface area contributed by atoms with E-state index in [-0.39, 0.29) is 5.82 Å². The Kier molecular flexibility index (Phi) is 5.83. The van der Waals surface area contributed by atoms with Crippen LogP contribution in [0.3, 0.4) is 0 Å². The average Bonchev–Trinajstić information content (AvgIpc) is 3.36. The highest BCUT2D eigenvalue weighted by Gasteiger charge is 2.24. The van der Waals surface area contributed by atoms with Gasteiger partial charge in [-0.1, -0.05) is 11.6 Å². The topological polar surface area (TPSA) is 48.4 Å². The van der Waals surface area contributed by atoms with E-state index in [0.717, 1.165) is 81.0 Å². The second-order valence-corrected chi connectivity index (χ2v) is 8.76. The fraction of sp³-hybridized carbons (Fsp3) is 0.375. The van der Waals surface area contributed by atoms with Gasteiger partial charge >= 0.3 is 0 Å². The third-order valence-electron chi connectivity index (χ3n) is 6.19. The minimum atomic E-state index is -0.202. The zero-order chi connectivity index (χ0) is 22.1. The lowest BCUT2D eigenvalue weighted by atomic mass is 10.1. The second kappa shape index (κ2) is 8.90. The molecule has 0 radical (unpaired) electrons. The van der Waals surface area contributed by atoms with Crippen molar-refractivity contribution in [1.29, 1.82) is 0 Å². The molecule has 2 saturated heterocycles. The Balaban J connectivity index is 1.43. The number of piperazine rings is 1. The van der Waals surface area contributed by atoms with Crippen LogP contribution in [0.25, 0.3) is 11.3 Å². The van der Waals surface area contributed by atoms with E-state index in [1.807, 2.05) is 24.3 Å². The van der Waals surface area contributed by atoms with Crippen molar-refractivity contribution in [1.82, 2.24) is 15.0 Å². The van der Waals surface area contributed by atoms with E-state index in [2.05, 4.69) is 19.7 Å². The van der Waals surface area contributed by atoms with Crippen LogP contribution in [0.2, 0.25) is 5.02 Å². The Morgan fingerprint density at radius 1 is 0.875 bits per heavy atom. The first kappa shape index (κ1) is 20.9. The quantitative estimate of drug-likeness (QED) is 0.578. The van der Waals surface area contributed by atoms with E-state index < -0.39 is 0 Å². The monoisotopic (exact) mass is 452 g/mol. The number of hydrogen-bond acceptors (Lipinski definition) is 6. The number of nitrogens with zero attached hydrogens (tertiary/aromatic N) is 6. The number of hydrogen-bond donors (Lipinski definition) is 0. The van der Waals surface area contributed by atoms with Gasteiger partial charge in [-0.05, 0) is 55.7 Å². The lowest BCUT2D eigenvalue weighted by Crippen LogP contribution is -2.47. The highest BCUT2D eigenvalue weighted by atomic mass is 35.5. The molecule has 32 heavy (non-hydrogen) atoms. The summed E-state index contributed by atoms with van der Waals surface area (Å²) in [5.74, 6) is 2.29. The van der Waals surface area contributed by atoms with Crippen LogP contribution in [0.4, 0.5) is 22.0 Å². The smallest absolute Gasteiger partial charge is 0.227 e. The van der Waals surface area contributed by atoms with Crippen molar-refractivity contribution in [3.05, 3.63) is 59.0 Å². The molecule has 0 bridgehead atoms. The molecule has 2 aliphatic heterocycles. The van der Waals surface area contributed by atoms with E-state index >= 15 is 0 Å². The third-order valence-corrected chi connectivity index (χ3v) is 6.48. The van der Waals surface area contributed by atoms with Gasteiger partial charge in [-0.25, -0.2) is 14.4 Å².